The third kappa shape index (κ3) is 3.85. The van der Waals surface area contributed by atoms with Gasteiger partial charge >= 0.3 is 12.1 Å². The number of nitrogens with zero attached hydrogens (tertiary/aromatic N) is 3. The maximum atomic E-state index is 12.5. The zero-order chi connectivity index (χ0) is 18.0. The van der Waals surface area contributed by atoms with Crippen LogP contribution in [0.15, 0.2) is 40.4 Å². The molecule has 0 radical (unpaired) electrons. The lowest BCUT2D eigenvalue weighted by Gasteiger charge is -2.11. The first kappa shape index (κ1) is 17.1. The lowest BCUT2D eigenvalue weighted by molar-refractivity contribution is -0.159. The van der Waals surface area contributed by atoms with Gasteiger partial charge in [-0.3, -0.25) is 4.79 Å². The number of carbonyl (C=O) groups is 1. The summed E-state index contributed by atoms with van der Waals surface area (Å²) in [6, 6.07) is 5.60. The molecule has 0 bridgehead atoms. The fourth-order valence-electron chi connectivity index (χ4n) is 2.02. The summed E-state index contributed by atoms with van der Waals surface area (Å²) in [5.74, 6) is -1.93. The topological polar surface area (TPSA) is 80.9 Å². The normalized spacial score (nSPS) is 12.8. The van der Waals surface area contributed by atoms with Gasteiger partial charge in [-0.1, -0.05) is 17.3 Å². The Bertz CT molecular complexity index is 860. The van der Waals surface area contributed by atoms with Crippen LogP contribution < -0.4 is 5.32 Å². The minimum Gasteiger partial charge on any atom is -0.343 e. The van der Waals surface area contributed by atoms with E-state index in [-0.39, 0.29) is 17.8 Å². The lowest BCUT2D eigenvalue weighted by atomic mass is 10.1. The van der Waals surface area contributed by atoms with Crippen molar-refractivity contribution in [3.8, 4) is 11.4 Å². The van der Waals surface area contributed by atoms with Gasteiger partial charge in [-0.15, -0.1) is 11.3 Å². The first-order valence-corrected chi connectivity index (χ1v) is 7.94. The molecule has 0 saturated carbocycles. The van der Waals surface area contributed by atoms with Gasteiger partial charge in [0.05, 0.1) is 6.04 Å². The Labute approximate surface area is 143 Å². The smallest absolute Gasteiger partial charge is 0.343 e. The van der Waals surface area contributed by atoms with Gasteiger partial charge in [-0.2, -0.15) is 18.2 Å². The number of aromatic nitrogens is 3. The van der Waals surface area contributed by atoms with Gasteiger partial charge < -0.3 is 9.84 Å². The first-order valence-electron chi connectivity index (χ1n) is 7.06. The molecule has 0 unspecified atom stereocenters. The van der Waals surface area contributed by atoms with Crippen LogP contribution in [-0.4, -0.2) is 21.0 Å². The monoisotopic (exact) mass is 368 g/mol. The molecule has 130 valence electrons. The molecule has 0 fully saturated rings. The molecular formula is C15H11F3N4O2S. The molecule has 25 heavy (non-hydrogen) atoms. The Kier molecular flexibility index (Phi) is 4.53. The van der Waals surface area contributed by atoms with Crippen molar-refractivity contribution in [3.05, 3.63) is 52.3 Å². The zero-order valence-corrected chi connectivity index (χ0v) is 13.6. The molecule has 1 N–H and O–H groups in total. The number of nitrogens with one attached hydrogen (secondary N) is 1. The van der Waals surface area contributed by atoms with Crippen molar-refractivity contribution in [1.82, 2.24) is 20.4 Å². The summed E-state index contributed by atoms with van der Waals surface area (Å²) in [6.07, 6.45) is -3.05. The predicted octanol–water partition coefficient (Wildman–Crippen LogP) is 3.70. The maximum Gasteiger partial charge on any atom is 0.471 e. The van der Waals surface area contributed by atoms with Crippen LogP contribution in [0.25, 0.3) is 11.4 Å². The number of carbonyl (C=O) groups excluding carboxylic acids is 1. The van der Waals surface area contributed by atoms with Crippen LogP contribution in [0.1, 0.15) is 34.2 Å². The van der Waals surface area contributed by atoms with Crippen LogP contribution in [0.2, 0.25) is 0 Å². The van der Waals surface area contributed by atoms with E-state index >= 15 is 0 Å². The summed E-state index contributed by atoms with van der Waals surface area (Å²) in [5.41, 5.74) is 0.662. The van der Waals surface area contributed by atoms with Crippen molar-refractivity contribution in [3.63, 3.8) is 0 Å². The van der Waals surface area contributed by atoms with E-state index in [2.05, 4.69) is 25.0 Å². The Hall–Kier alpha value is -2.75. The van der Waals surface area contributed by atoms with E-state index in [1.54, 1.807) is 6.20 Å². The van der Waals surface area contributed by atoms with E-state index in [1.165, 1.54) is 35.6 Å². The molecule has 1 atom stereocenters. The molecular weight excluding hydrogens is 357 g/mol. The molecule has 0 aliphatic heterocycles. The van der Waals surface area contributed by atoms with Gasteiger partial charge in [0.1, 0.15) is 5.01 Å². The lowest BCUT2D eigenvalue weighted by Crippen LogP contribution is -2.26. The molecule has 0 saturated heterocycles. The Morgan fingerprint density at radius 1 is 1.28 bits per heavy atom. The summed E-state index contributed by atoms with van der Waals surface area (Å²) >= 11 is 1.43. The van der Waals surface area contributed by atoms with E-state index in [0.29, 0.717) is 11.1 Å². The van der Waals surface area contributed by atoms with Crippen molar-refractivity contribution >= 4 is 17.2 Å². The van der Waals surface area contributed by atoms with E-state index in [0.717, 1.165) is 5.01 Å². The molecule has 10 heteroatoms. The highest BCUT2D eigenvalue weighted by atomic mass is 32.1. The van der Waals surface area contributed by atoms with Gasteiger partial charge in [0, 0.05) is 22.7 Å². The van der Waals surface area contributed by atoms with Crippen LogP contribution in [0, 0.1) is 0 Å². The van der Waals surface area contributed by atoms with Gasteiger partial charge in [-0.05, 0) is 19.1 Å². The quantitative estimate of drug-likeness (QED) is 0.759. The summed E-state index contributed by atoms with van der Waals surface area (Å²) in [5, 5.41) is 8.68. The molecule has 6 nitrogen and oxygen atoms in total. The van der Waals surface area contributed by atoms with Gasteiger partial charge in [0.15, 0.2) is 0 Å². The summed E-state index contributed by atoms with van der Waals surface area (Å²) in [7, 11) is 0. The average Bonchev–Trinajstić information content (AvgIpc) is 3.26. The predicted molar refractivity (Wildman–Crippen MR) is 82.7 cm³/mol. The molecule has 3 rings (SSSR count). The summed E-state index contributed by atoms with van der Waals surface area (Å²) in [4.78, 5) is 19.6. The SMILES string of the molecule is C[C@H](NC(=O)c1ccc(-c2noc(C(F)(F)F)n2)cc1)c1nccs1. The van der Waals surface area contributed by atoms with Crippen LogP contribution in [0.4, 0.5) is 13.2 Å². The molecule has 2 heterocycles. The highest BCUT2D eigenvalue weighted by Crippen LogP contribution is 2.29. The van der Waals surface area contributed by atoms with Crippen molar-refractivity contribution in [2.45, 2.75) is 19.1 Å². The number of alkyl halides is 3. The van der Waals surface area contributed by atoms with E-state index in [9.17, 15) is 18.0 Å². The Balaban J connectivity index is 1.71. The van der Waals surface area contributed by atoms with Crippen LogP contribution in [0.3, 0.4) is 0 Å². The van der Waals surface area contributed by atoms with Crippen LogP contribution >= 0.6 is 11.3 Å². The number of rotatable bonds is 4. The number of amides is 1. The number of hydrogen-bond donors (Lipinski definition) is 1. The molecule has 1 amide bonds. The molecule has 2 aromatic heterocycles. The maximum absolute atomic E-state index is 12.5. The Morgan fingerprint density at radius 3 is 2.56 bits per heavy atom. The van der Waals surface area contributed by atoms with E-state index in [1.807, 2.05) is 12.3 Å². The zero-order valence-electron chi connectivity index (χ0n) is 12.7. The minimum absolute atomic E-state index is 0.199. The highest BCUT2D eigenvalue weighted by molar-refractivity contribution is 7.09. The number of halogens is 3. The summed E-state index contributed by atoms with van der Waals surface area (Å²) < 4.78 is 41.6. The molecule has 0 aliphatic carbocycles. The molecule has 3 aromatic rings. The molecule has 0 aliphatic rings. The van der Waals surface area contributed by atoms with Crippen molar-refractivity contribution in [2.24, 2.45) is 0 Å². The third-order valence-corrected chi connectivity index (χ3v) is 4.20. The van der Waals surface area contributed by atoms with Crippen molar-refractivity contribution in [2.75, 3.05) is 0 Å². The summed E-state index contributed by atoms with van der Waals surface area (Å²) in [6.45, 7) is 1.81. The second-order valence-corrected chi connectivity index (χ2v) is 5.99. The van der Waals surface area contributed by atoms with Gasteiger partial charge in [0.2, 0.25) is 5.82 Å². The van der Waals surface area contributed by atoms with Crippen LogP contribution in [-0.2, 0) is 6.18 Å². The van der Waals surface area contributed by atoms with Crippen LogP contribution in [0.5, 0.6) is 0 Å². The number of benzene rings is 1. The fraction of sp³-hybridized carbons (Fsp3) is 0.200. The first-order chi connectivity index (χ1) is 11.8. The Morgan fingerprint density at radius 2 is 2.00 bits per heavy atom. The van der Waals surface area contributed by atoms with Crippen molar-refractivity contribution < 1.29 is 22.5 Å². The third-order valence-electron chi connectivity index (χ3n) is 3.24. The minimum atomic E-state index is -4.70. The average molecular weight is 368 g/mol. The standard InChI is InChI=1S/C15H11F3N4O2S/c1-8(13-19-6-7-25-13)20-12(23)10-4-2-9(3-5-10)11-21-14(24-22-11)15(16,17)18/h2-8H,1H3,(H,20,23)/t8-/m0/s1. The second-order valence-electron chi connectivity index (χ2n) is 5.06. The second kappa shape index (κ2) is 6.63. The van der Waals surface area contributed by atoms with Crippen molar-refractivity contribution in [1.29, 1.82) is 0 Å². The van der Waals surface area contributed by atoms with Gasteiger partial charge in [-0.25, -0.2) is 4.98 Å². The number of thiazole rings is 1. The van der Waals surface area contributed by atoms with Gasteiger partial charge in [0.25, 0.3) is 5.91 Å². The number of hydrogen-bond acceptors (Lipinski definition) is 6. The largest absolute Gasteiger partial charge is 0.471 e. The highest BCUT2D eigenvalue weighted by Gasteiger charge is 2.38. The molecule has 1 aromatic carbocycles. The van der Waals surface area contributed by atoms with E-state index < -0.39 is 12.1 Å². The molecule has 0 spiro atoms. The fourth-order valence-corrected chi connectivity index (χ4v) is 2.66. The van der Waals surface area contributed by atoms with E-state index in [4.69, 9.17) is 0 Å².